The summed E-state index contributed by atoms with van der Waals surface area (Å²) >= 11 is 0. The quantitative estimate of drug-likeness (QED) is 0.866. The minimum atomic E-state index is -3.90. The Balaban J connectivity index is 1.63. The van der Waals surface area contributed by atoms with E-state index in [-0.39, 0.29) is 24.1 Å². The summed E-state index contributed by atoms with van der Waals surface area (Å²) in [5, 5.41) is 9.95. The number of halogens is 2. The van der Waals surface area contributed by atoms with Crippen LogP contribution in [0.1, 0.15) is 12.8 Å². The summed E-state index contributed by atoms with van der Waals surface area (Å²) in [6, 6.07) is 2.32. The van der Waals surface area contributed by atoms with Crippen LogP contribution in [-0.4, -0.2) is 61.6 Å². The van der Waals surface area contributed by atoms with Crippen molar-refractivity contribution in [3.05, 3.63) is 29.8 Å². The number of aliphatic hydroxyl groups excluding tert-OH is 1. The van der Waals surface area contributed by atoms with Gasteiger partial charge in [-0.15, -0.1) is 0 Å². The average molecular weight is 346 g/mol. The summed E-state index contributed by atoms with van der Waals surface area (Å²) < 4.78 is 52.7. The van der Waals surface area contributed by atoms with Crippen molar-refractivity contribution in [2.75, 3.05) is 32.7 Å². The Hall–Kier alpha value is -1.09. The molecule has 8 heteroatoms. The van der Waals surface area contributed by atoms with Crippen molar-refractivity contribution in [3.63, 3.8) is 0 Å². The number of hydrogen-bond acceptors (Lipinski definition) is 4. The Kier molecular flexibility index (Phi) is 4.68. The first-order chi connectivity index (χ1) is 10.9. The monoisotopic (exact) mass is 346 g/mol. The third-order valence-electron chi connectivity index (χ3n) is 4.42. The first-order valence-electron chi connectivity index (χ1n) is 7.73. The fourth-order valence-electron chi connectivity index (χ4n) is 2.87. The fourth-order valence-corrected chi connectivity index (χ4v) is 4.34. The molecule has 23 heavy (non-hydrogen) atoms. The number of rotatable bonds is 5. The van der Waals surface area contributed by atoms with Crippen LogP contribution in [0.3, 0.4) is 0 Å². The largest absolute Gasteiger partial charge is 0.392 e. The van der Waals surface area contributed by atoms with Gasteiger partial charge in [0.15, 0.2) is 0 Å². The second kappa shape index (κ2) is 6.43. The van der Waals surface area contributed by atoms with Crippen LogP contribution in [-0.2, 0) is 10.0 Å². The second-order valence-electron chi connectivity index (χ2n) is 6.21. The van der Waals surface area contributed by atoms with Crippen LogP contribution in [0.2, 0.25) is 0 Å². The van der Waals surface area contributed by atoms with E-state index in [0.717, 1.165) is 25.0 Å². The summed E-state index contributed by atoms with van der Waals surface area (Å²) in [6.45, 7) is 2.05. The predicted octanol–water partition coefficient (Wildman–Crippen LogP) is 1.04. The number of sulfonamides is 1. The van der Waals surface area contributed by atoms with Gasteiger partial charge < -0.3 is 5.11 Å². The van der Waals surface area contributed by atoms with Crippen LogP contribution in [0, 0.1) is 17.6 Å². The molecule has 2 aliphatic rings. The number of aliphatic hydroxyl groups is 1. The lowest BCUT2D eigenvalue weighted by atomic mass is 10.2. The Bertz CT molecular complexity index is 651. The molecule has 1 aromatic rings. The molecule has 1 N–H and O–H groups in total. The molecule has 1 aliphatic heterocycles. The lowest BCUT2D eigenvalue weighted by Crippen LogP contribution is -2.50. The van der Waals surface area contributed by atoms with Crippen molar-refractivity contribution in [1.82, 2.24) is 9.21 Å². The van der Waals surface area contributed by atoms with Gasteiger partial charge in [0.25, 0.3) is 0 Å². The highest BCUT2D eigenvalue weighted by atomic mass is 32.2. The van der Waals surface area contributed by atoms with Crippen molar-refractivity contribution in [1.29, 1.82) is 0 Å². The van der Waals surface area contributed by atoms with Crippen LogP contribution in [0.25, 0.3) is 0 Å². The number of hydrogen-bond donors (Lipinski definition) is 1. The van der Waals surface area contributed by atoms with Crippen LogP contribution in [0.5, 0.6) is 0 Å². The summed E-state index contributed by atoms with van der Waals surface area (Å²) in [5.74, 6) is -1.43. The lowest BCUT2D eigenvalue weighted by Gasteiger charge is -2.35. The molecular weight excluding hydrogens is 326 g/mol. The maximum atomic E-state index is 13.3. The van der Waals surface area contributed by atoms with Gasteiger partial charge in [0, 0.05) is 38.8 Å². The van der Waals surface area contributed by atoms with Crippen LogP contribution in [0.4, 0.5) is 8.78 Å². The number of β-amino-alcohol motifs (C(OH)–C–C–N with tert-alkyl or cyclic N) is 1. The van der Waals surface area contributed by atoms with E-state index in [1.54, 1.807) is 0 Å². The third kappa shape index (κ3) is 3.88. The van der Waals surface area contributed by atoms with Crippen molar-refractivity contribution < 1.29 is 22.3 Å². The normalized spacial score (nSPS) is 22.2. The molecule has 0 bridgehead atoms. The summed E-state index contributed by atoms with van der Waals surface area (Å²) in [4.78, 5) is 1.67. The van der Waals surface area contributed by atoms with E-state index in [2.05, 4.69) is 0 Å². The lowest BCUT2D eigenvalue weighted by molar-refractivity contribution is 0.0782. The van der Waals surface area contributed by atoms with Gasteiger partial charge in [0.05, 0.1) is 11.0 Å². The van der Waals surface area contributed by atoms with Gasteiger partial charge in [-0.2, -0.15) is 4.31 Å². The van der Waals surface area contributed by atoms with E-state index >= 15 is 0 Å². The maximum absolute atomic E-state index is 13.3. The highest BCUT2D eigenvalue weighted by Gasteiger charge is 2.33. The molecule has 3 rings (SSSR count). The molecule has 0 aromatic heterocycles. The van der Waals surface area contributed by atoms with Crippen molar-refractivity contribution in [3.8, 4) is 0 Å². The van der Waals surface area contributed by atoms with E-state index < -0.39 is 21.7 Å². The molecule has 1 saturated carbocycles. The van der Waals surface area contributed by atoms with Crippen LogP contribution in [0.15, 0.2) is 23.1 Å². The molecule has 0 radical (unpaired) electrons. The highest BCUT2D eigenvalue weighted by molar-refractivity contribution is 7.89. The smallest absolute Gasteiger partial charge is 0.243 e. The van der Waals surface area contributed by atoms with E-state index in [9.17, 15) is 22.3 Å². The Labute approximate surface area is 134 Å². The first kappa shape index (κ1) is 16.8. The Morgan fingerprint density at radius 1 is 1.09 bits per heavy atom. The van der Waals surface area contributed by atoms with E-state index in [1.165, 1.54) is 4.31 Å². The molecule has 0 spiro atoms. The van der Waals surface area contributed by atoms with E-state index in [1.807, 2.05) is 4.90 Å². The van der Waals surface area contributed by atoms with Gasteiger partial charge in [0.1, 0.15) is 11.6 Å². The van der Waals surface area contributed by atoms with Crippen molar-refractivity contribution in [2.24, 2.45) is 5.92 Å². The Morgan fingerprint density at radius 2 is 1.65 bits per heavy atom. The maximum Gasteiger partial charge on any atom is 0.243 e. The third-order valence-corrected chi connectivity index (χ3v) is 6.29. The Morgan fingerprint density at radius 3 is 2.17 bits per heavy atom. The van der Waals surface area contributed by atoms with E-state index in [0.29, 0.717) is 31.6 Å². The topological polar surface area (TPSA) is 60.9 Å². The number of nitrogens with zero attached hydrogens (tertiary/aromatic N) is 2. The predicted molar refractivity (Wildman–Crippen MR) is 80.3 cm³/mol. The SMILES string of the molecule is O=S(=O)(c1cc(F)cc(F)c1)N1CCN(CC(O)C2CC2)CC1. The molecule has 1 saturated heterocycles. The molecule has 128 valence electrons. The first-order valence-corrected chi connectivity index (χ1v) is 9.17. The molecular formula is C15H20F2N2O3S. The zero-order valence-corrected chi connectivity index (χ0v) is 13.5. The summed E-state index contributed by atoms with van der Waals surface area (Å²) in [5.41, 5.74) is 0. The molecule has 1 atom stereocenters. The van der Waals surface area contributed by atoms with Gasteiger partial charge in [-0.1, -0.05) is 0 Å². The molecule has 1 heterocycles. The van der Waals surface area contributed by atoms with Gasteiger partial charge >= 0.3 is 0 Å². The summed E-state index contributed by atoms with van der Waals surface area (Å²) in [7, 11) is -3.90. The van der Waals surface area contributed by atoms with Crippen molar-refractivity contribution in [2.45, 2.75) is 23.8 Å². The molecule has 1 unspecified atom stereocenters. The van der Waals surface area contributed by atoms with Crippen LogP contribution < -0.4 is 0 Å². The summed E-state index contributed by atoms with van der Waals surface area (Å²) in [6.07, 6.45) is 1.76. The molecule has 5 nitrogen and oxygen atoms in total. The number of benzene rings is 1. The second-order valence-corrected chi connectivity index (χ2v) is 8.15. The molecule has 2 fully saturated rings. The van der Waals surface area contributed by atoms with Crippen molar-refractivity contribution >= 4 is 10.0 Å². The number of piperazine rings is 1. The molecule has 1 aromatic carbocycles. The standard InChI is InChI=1S/C15H20F2N2O3S/c16-12-7-13(17)9-14(8-12)23(21,22)19-5-3-18(4-6-19)10-15(20)11-1-2-11/h7-9,11,15,20H,1-6,10H2. The molecule has 0 amide bonds. The minimum Gasteiger partial charge on any atom is -0.392 e. The average Bonchev–Trinajstić information content (AvgIpc) is 3.31. The fraction of sp³-hybridized carbons (Fsp3) is 0.600. The van der Waals surface area contributed by atoms with Gasteiger partial charge in [-0.3, -0.25) is 4.90 Å². The molecule has 1 aliphatic carbocycles. The van der Waals surface area contributed by atoms with Gasteiger partial charge in [0.2, 0.25) is 10.0 Å². The highest BCUT2D eigenvalue weighted by Crippen LogP contribution is 2.33. The zero-order valence-electron chi connectivity index (χ0n) is 12.7. The van der Waals surface area contributed by atoms with Crippen LogP contribution >= 0.6 is 0 Å². The zero-order chi connectivity index (χ0) is 16.6. The van der Waals surface area contributed by atoms with Gasteiger partial charge in [-0.05, 0) is 30.9 Å². The van der Waals surface area contributed by atoms with E-state index in [4.69, 9.17) is 0 Å². The van der Waals surface area contributed by atoms with Gasteiger partial charge in [-0.25, -0.2) is 17.2 Å². The minimum absolute atomic E-state index is 0.248.